The average Bonchev–Trinajstić information content (AvgIpc) is 3.39. The summed E-state index contributed by atoms with van der Waals surface area (Å²) in [6.45, 7) is 2.52. The summed E-state index contributed by atoms with van der Waals surface area (Å²) in [4.78, 5) is 12.9. The molecule has 10 heteroatoms. The molecule has 8 nitrogen and oxygen atoms in total. The minimum atomic E-state index is 0.494. The monoisotopic (exact) mass is 371 g/mol. The lowest BCUT2D eigenvalue weighted by Gasteiger charge is -2.07. The van der Waals surface area contributed by atoms with Crippen LogP contribution in [-0.4, -0.2) is 34.1 Å². The molecule has 0 amide bonds. The molecule has 0 aliphatic rings. The van der Waals surface area contributed by atoms with Crippen LogP contribution in [0.25, 0.3) is 11.5 Å². The highest BCUT2D eigenvalue weighted by Gasteiger charge is 2.19. The lowest BCUT2D eigenvalue weighted by atomic mass is 10.4. The fourth-order valence-corrected chi connectivity index (χ4v) is 3.80. The van der Waals surface area contributed by atoms with Crippen molar-refractivity contribution in [2.45, 2.75) is 29.4 Å². The van der Waals surface area contributed by atoms with Crippen LogP contribution in [0.4, 0.5) is 0 Å². The number of rotatable bonds is 6. The van der Waals surface area contributed by atoms with Crippen molar-refractivity contribution in [2.75, 3.05) is 0 Å². The second-order valence-corrected chi connectivity index (χ2v) is 6.96. The van der Waals surface area contributed by atoms with E-state index in [1.54, 1.807) is 24.9 Å². The summed E-state index contributed by atoms with van der Waals surface area (Å²) in [6.07, 6.45) is 7.37. The average molecular weight is 371 g/mol. The Hall–Kier alpha value is -2.59. The van der Waals surface area contributed by atoms with Crippen molar-refractivity contribution in [3.05, 3.63) is 48.6 Å². The highest BCUT2D eigenvalue weighted by atomic mass is 32.2. The van der Waals surface area contributed by atoms with Gasteiger partial charge in [0.2, 0.25) is 0 Å². The normalized spacial score (nSPS) is 11.1. The van der Waals surface area contributed by atoms with Crippen LogP contribution >= 0.6 is 23.3 Å². The second-order valence-electron chi connectivity index (χ2n) is 4.99. The van der Waals surface area contributed by atoms with Gasteiger partial charge in [0.25, 0.3) is 0 Å². The molecule has 0 aromatic carbocycles. The van der Waals surface area contributed by atoms with Crippen LogP contribution in [0.3, 0.4) is 0 Å². The van der Waals surface area contributed by atoms with Gasteiger partial charge in [-0.15, -0.1) is 10.2 Å². The molecule has 4 heterocycles. The first-order valence-corrected chi connectivity index (χ1v) is 9.15. The maximum atomic E-state index is 5.48. The molecule has 0 atom stereocenters. The van der Waals surface area contributed by atoms with Crippen LogP contribution in [0.15, 0.2) is 50.9 Å². The van der Waals surface area contributed by atoms with Crippen molar-refractivity contribution in [1.29, 1.82) is 0 Å². The smallest absolute Gasteiger partial charge is 0.199 e. The third-order valence-electron chi connectivity index (χ3n) is 3.35. The van der Waals surface area contributed by atoms with E-state index in [2.05, 4.69) is 29.5 Å². The van der Waals surface area contributed by atoms with Gasteiger partial charge in [-0.05, 0) is 35.4 Å². The first-order chi connectivity index (χ1) is 12.3. The van der Waals surface area contributed by atoms with E-state index in [1.165, 1.54) is 23.3 Å². The molecule has 0 saturated carbocycles. The maximum absolute atomic E-state index is 5.48. The van der Waals surface area contributed by atoms with Crippen LogP contribution in [0, 0.1) is 0 Å². The van der Waals surface area contributed by atoms with Crippen molar-refractivity contribution in [3.63, 3.8) is 0 Å². The standard InChI is InChI=1S/C15H13N7OS2/c1-2-12-18-15(25-21-12)24-14-20-19-13(11-8-16-5-6-17-11)22(14)9-10-4-3-7-23-10/h3-8H,2,9H2,1H3. The van der Waals surface area contributed by atoms with Crippen LogP contribution in [0.5, 0.6) is 0 Å². The molecular weight excluding hydrogens is 358 g/mol. The number of aryl methyl sites for hydroxylation is 1. The van der Waals surface area contributed by atoms with E-state index in [0.717, 1.165) is 22.3 Å². The molecule has 0 unspecified atom stereocenters. The van der Waals surface area contributed by atoms with Gasteiger partial charge in [-0.25, -0.2) is 9.97 Å². The van der Waals surface area contributed by atoms with E-state index < -0.39 is 0 Å². The summed E-state index contributed by atoms with van der Waals surface area (Å²) in [6, 6.07) is 3.77. The lowest BCUT2D eigenvalue weighted by molar-refractivity contribution is 0.485. The highest BCUT2D eigenvalue weighted by Crippen LogP contribution is 2.30. The number of nitrogens with zero attached hydrogens (tertiary/aromatic N) is 7. The maximum Gasteiger partial charge on any atom is 0.199 e. The van der Waals surface area contributed by atoms with Gasteiger partial charge in [-0.1, -0.05) is 6.92 Å². The predicted octanol–water partition coefficient (Wildman–Crippen LogP) is 2.94. The minimum absolute atomic E-state index is 0.494. The van der Waals surface area contributed by atoms with Gasteiger partial charge in [0.05, 0.1) is 19.0 Å². The van der Waals surface area contributed by atoms with Gasteiger partial charge in [-0.3, -0.25) is 9.55 Å². The van der Waals surface area contributed by atoms with E-state index in [9.17, 15) is 0 Å². The van der Waals surface area contributed by atoms with Gasteiger partial charge in [0.1, 0.15) is 17.3 Å². The van der Waals surface area contributed by atoms with Gasteiger partial charge in [0.15, 0.2) is 15.3 Å². The minimum Gasteiger partial charge on any atom is -0.467 e. The summed E-state index contributed by atoms with van der Waals surface area (Å²) in [5.41, 5.74) is 0.653. The highest BCUT2D eigenvalue weighted by molar-refractivity contribution is 8.00. The van der Waals surface area contributed by atoms with Crippen molar-refractivity contribution >= 4 is 23.3 Å². The fraction of sp³-hybridized carbons (Fsp3) is 0.200. The molecule has 0 aliphatic heterocycles. The first kappa shape index (κ1) is 15.9. The Morgan fingerprint density at radius 3 is 2.96 bits per heavy atom. The Morgan fingerprint density at radius 2 is 2.24 bits per heavy atom. The molecule has 0 bridgehead atoms. The Labute approximate surface area is 151 Å². The van der Waals surface area contributed by atoms with Crippen LogP contribution in [0.1, 0.15) is 18.5 Å². The number of hydrogen-bond acceptors (Lipinski definition) is 9. The van der Waals surface area contributed by atoms with Gasteiger partial charge < -0.3 is 4.42 Å². The van der Waals surface area contributed by atoms with Crippen molar-refractivity contribution in [3.8, 4) is 11.5 Å². The zero-order valence-corrected chi connectivity index (χ0v) is 14.9. The van der Waals surface area contributed by atoms with Crippen molar-refractivity contribution < 1.29 is 4.42 Å². The molecule has 25 heavy (non-hydrogen) atoms. The number of furan rings is 1. The molecule has 4 aromatic rings. The van der Waals surface area contributed by atoms with Crippen LogP contribution in [-0.2, 0) is 13.0 Å². The molecule has 0 saturated heterocycles. The largest absolute Gasteiger partial charge is 0.467 e. The van der Waals surface area contributed by atoms with Gasteiger partial charge >= 0.3 is 0 Å². The van der Waals surface area contributed by atoms with E-state index in [0.29, 0.717) is 23.2 Å². The Kier molecular flexibility index (Phi) is 4.53. The summed E-state index contributed by atoms with van der Waals surface area (Å²) < 4.78 is 12.6. The van der Waals surface area contributed by atoms with E-state index in [4.69, 9.17) is 4.42 Å². The molecule has 4 rings (SSSR count). The summed E-state index contributed by atoms with van der Waals surface area (Å²) in [5, 5.41) is 9.31. The zero-order chi connectivity index (χ0) is 17.1. The first-order valence-electron chi connectivity index (χ1n) is 7.56. The summed E-state index contributed by atoms with van der Waals surface area (Å²) >= 11 is 2.79. The zero-order valence-electron chi connectivity index (χ0n) is 13.2. The topological polar surface area (TPSA) is 95.4 Å². The van der Waals surface area contributed by atoms with E-state index >= 15 is 0 Å². The van der Waals surface area contributed by atoms with Crippen molar-refractivity contribution in [2.24, 2.45) is 0 Å². The van der Waals surface area contributed by atoms with E-state index in [-0.39, 0.29) is 0 Å². The third-order valence-corrected chi connectivity index (χ3v) is 5.12. The Balaban J connectivity index is 1.71. The van der Waals surface area contributed by atoms with Gasteiger partial charge in [0, 0.05) is 18.8 Å². The molecule has 0 radical (unpaired) electrons. The van der Waals surface area contributed by atoms with Crippen molar-refractivity contribution in [1.82, 2.24) is 34.1 Å². The van der Waals surface area contributed by atoms with Crippen LogP contribution < -0.4 is 0 Å². The molecule has 126 valence electrons. The second kappa shape index (κ2) is 7.11. The molecule has 0 aliphatic carbocycles. The number of aromatic nitrogens is 7. The predicted molar refractivity (Wildman–Crippen MR) is 92.3 cm³/mol. The fourth-order valence-electron chi connectivity index (χ4n) is 2.17. The summed E-state index contributed by atoms with van der Waals surface area (Å²) in [5.74, 6) is 2.27. The quantitative estimate of drug-likeness (QED) is 0.510. The Morgan fingerprint density at radius 1 is 1.28 bits per heavy atom. The molecule has 0 fully saturated rings. The van der Waals surface area contributed by atoms with Gasteiger partial charge in [-0.2, -0.15) is 4.37 Å². The Bertz CT molecular complexity index is 950. The summed E-state index contributed by atoms with van der Waals surface area (Å²) in [7, 11) is 0. The SMILES string of the molecule is CCc1nsc(Sc2nnc(-c3cnccn3)n2Cc2ccco2)n1. The third kappa shape index (κ3) is 3.44. The lowest BCUT2D eigenvalue weighted by Crippen LogP contribution is -2.04. The molecule has 4 aromatic heterocycles. The molecular formula is C15H13N7OS2. The molecule has 0 spiro atoms. The number of hydrogen-bond donors (Lipinski definition) is 0. The molecule has 0 N–H and O–H groups in total. The van der Waals surface area contributed by atoms with Crippen LogP contribution in [0.2, 0.25) is 0 Å². The van der Waals surface area contributed by atoms with E-state index in [1.807, 2.05) is 23.6 Å².